The summed E-state index contributed by atoms with van der Waals surface area (Å²) >= 11 is 1.52. The number of rotatable bonds is 7. The zero-order chi connectivity index (χ0) is 18.6. The van der Waals surface area contributed by atoms with Crippen LogP contribution in [-0.2, 0) is 11.0 Å². The van der Waals surface area contributed by atoms with Crippen molar-refractivity contribution in [3.63, 3.8) is 0 Å². The highest BCUT2D eigenvalue weighted by Crippen LogP contribution is 2.48. The predicted molar refractivity (Wildman–Crippen MR) is 105 cm³/mol. The number of benzene rings is 1. The number of hydrogen-bond donors (Lipinski definition) is 3. The van der Waals surface area contributed by atoms with Gasteiger partial charge in [-0.1, -0.05) is 24.3 Å². The Labute approximate surface area is 158 Å². The molecule has 1 aromatic heterocycles. The maximum atomic E-state index is 14.2. The second kappa shape index (κ2) is 7.76. The molecule has 0 amide bonds. The fourth-order valence-corrected chi connectivity index (χ4v) is 3.85. The molecule has 0 spiro atoms. The minimum atomic E-state index is -1.00. The van der Waals surface area contributed by atoms with Crippen molar-refractivity contribution in [1.82, 2.24) is 10.6 Å². The minimum absolute atomic E-state index is 0.144. The number of aliphatic hydroxyl groups is 1. The van der Waals surface area contributed by atoms with Gasteiger partial charge in [-0.3, -0.25) is 0 Å². The lowest BCUT2D eigenvalue weighted by Crippen LogP contribution is -2.42. The summed E-state index contributed by atoms with van der Waals surface area (Å²) in [6, 6.07) is 10.8. The predicted octanol–water partition coefficient (Wildman–Crippen LogP) is 3.38. The second-order valence-corrected chi connectivity index (χ2v) is 8.01. The molecular formula is C20H26FN3OS. The minimum Gasteiger partial charge on any atom is -0.383 e. The number of hydrogen-bond acceptors (Lipinski definition) is 3. The smallest absolute Gasteiger partial charge is 0.191 e. The Morgan fingerprint density at radius 3 is 2.65 bits per heavy atom. The molecule has 3 rings (SSSR count). The van der Waals surface area contributed by atoms with E-state index in [1.165, 1.54) is 17.4 Å². The molecule has 0 saturated heterocycles. The maximum absolute atomic E-state index is 14.2. The zero-order valence-corrected chi connectivity index (χ0v) is 16.1. The molecule has 1 heterocycles. The Morgan fingerprint density at radius 2 is 2.04 bits per heavy atom. The van der Waals surface area contributed by atoms with Gasteiger partial charge < -0.3 is 15.7 Å². The first-order chi connectivity index (χ1) is 12.5. The van der Waals surface area contributed by atoms with Gasteiger partial charge in [0.2, 0.25) is 0 Å². The second-order valence-electron chi connectivity index (χ2n) is 7.06. The molecule has 1 saturated carbocycles. The third kappa shape index (κ3) is 4.24. The number of nitrogens with zero attached hydrogens (tertiary/aromatic N) is 1. The van der Waals surface area contributed by atoms with Crippen LogP contribution in [0.1, 0.15) is 37.1 Å². The molecule has 0 aliphatic heterocycles. The van der Waals surface area contributed by atoms with E-state index in [1.54, 1.807) is 13.0 Å². The Hall–Kier alpha value is -1.92. The van der Waals surface area contributed by atoms with E-state index in [2.05, 4.69) is 15.6 Å². The standard InChI is InChI=1S/C20H26FN3OS/c1-3-22-18(23-13-19(2,25)17-9-6-12-26-17)24-14-20(10-11-20)15-7-4-5-8-16(15)21/h4-9,12,25H,3,10-11,13-14H2,1-2H3,(H2,22,23,24). The van der Waals surface area contributed by atoms with Gasteiger partial charge in [-0.25, -0.2) is 9.38 Å². The average molecular weight is 376 g/mol. The SMILES string of the molecule is CCNC(=NCC(C)(O)c1cccs1)NCC1(c2ccccc2F)CC1. The van der Waals surface area contributed by atoms with Gasteiger partial charge in [-0.05, 0) is 49.8 Å². The van der Waals surface area contributed by atoms with E-state index in [0.29, 0.717) is 12.5 Å². The van der Waals surface area contributed by atoms with Crippen molar-refractivity contribution in [3.8, 4) is 0 Å². The molecule has 3 N–H and O–H groups in total. The quantitative estimate of drug-likeness (QED) is 0.514. The molecule has 0 radical (unpaired) electrons. The fourth-order valence-electron chi connectivity index (χ4n) is 3.07. The van der Waals surface area contributed by atoms with Gasteiger partial charge in [0.1, 0.15) is 11.4 Å². The van der Waals surface area contributed by atoms with Gasteiger partial charge in [-0.15, -0.1) is 11.3 Å². The first kappa shape index (κ1) is 18.9. The van der Waals surface area contributed by atoms with Crippen LogP contribution in [0.4, 0.5) is 4.39 Å². The fraction of sp³-hybridized carbons (Fsp3) is 0.450. The lowest BCUT2D eigenvalue weighted by atomic mass is 9.95. The summed E-state index contributed by atoms with van der Waals surface area (Å²) in [6.07, 6.45) is 1.93. The molecular weight excluding hydrogens is 349 g/mol. The third-order valence-electron chi connectivity index (χ3n) is 4.83. The van der Waals surface area contributed by atoms with Crippen LogP contribution in [0.2, 0.25) is 0 Å². The van der Waals surface area contributed by atoms with Gasteiger partial charge in [0.25, 0.3) is 0 Å². The van der Waals surface area contributed by atoms with E-state index in [4.69, 9.17) is 0 Å². The van der Waals surface area contributed by atoms with Crippen LogP contribution in [-0.4, -0.2) is 30.7 Å². The molecule has 1 aliphatic carbocycles. The lowest BCUT2D eigenvalue weighted by molar-refractivity contribution is 0.0711. The van der Waals surface area contributed by atoms with Crippen LogP contribution >= 0.6 is 11.3 Å². The normalized spacial score (nSPS) is 18.2. The summed E-state index contributed by atoms with van der Waals surface area (Å²) in [7, 11) is 0. The van der Waals surface area contributed by atoms with E-state index < -0.39 is 5.60 Å². The molecule has 1 unspecified atom stereocenters. The average Bonchev–Trinajstić information content (AvgIpc) is 3.18. The van der Waals surface area contributed by atoms with Crippen molar-refractivity contribution in [3.05, 3.63) is 58.0 Å². The molecule has 1 aliphatic rings. The van der Waals surface area contributed by atoms with Crippen LogP contribution in [0.3, 0.4) is 0 Å². The maximum Gasteiger partial charge on any atom is 0.191 e. The van der Waals surface area contributed by atoms with Crippen molar-refractivity contribution in [2.24, 2.45) is 4.99 Å². The first-order valence-electron chi connectivity index (χ1n) is 9.00. The highest BCUT2D eigenvalue weighted by atomic mass is 32.1. The van der Waals surface area contributed by atoms with E-state index in [1.807, 2.05) is 36.6 Å². The zero-order valence-electron chi connectivity index (χ0n) is 15.3. The third-order valence-corrected chi connectivity index (χ3v) is 5.96. The summed E-state index contributed by atoms with van der Waals surface area (Å²) < 4.78 is 14.2. The molecule has 0 bridgehead atoms. The molecule has 1 aromatic carbocycles. The van der Waals surface area contributed by atoms with Crippen LogP contribution < -0.4 is 10.6 Å². The lowest BCUT2D eigenvalue weighted by Gasteiger charge is -2.22. The van der Waals surface area contributed by atoms with E-state index in [9.17, 15) is 9.50 Å². The van der Waals surface area contributed by atoms with Crippen molar-refractivity contribution < 1.29 is 9.50 Å². The van der Waals surface area contributed by atoms with Crippen LogP contribution in [0.15, 0.2) is 46.8 Å². The number of aliphatic imine (C=N–C) groups is 1. The topological polar surface area (TPSA) is 56.7 Å². The van der Waals surface area contributed by atoms with Crippen molar-refractivity contribution in [2.45, 2.75) is 37.7 Å². The molecule has 6 heteroatoms. The van der Waals surface area contributed by atoms with Gasteiger partial charge in [0.15, 0.2) is 5.96 Å². The highest BCUT2D eigenvalue weighted by Gasteiger charge is 2.45. The molecule has 1 fully saturated rings. The Bertz CT molecular complexity index is 754. The highest BCUT2D eigenvalue weighted by molar-refractivity contribution is 7.10. The Kier molecular flexibility index (Phi) is 5.63. The first-order valence-corrected chi connectivity index (χ1v) is 9.88. The summed E-state index contributed by atoms with van der Waals surface area (Å²) in [5.41, 5.74) is -0.383. The number of guanidine groups is 1. The van der Waals surface area contributed by atoms with Crippen LogP contribution in [0.25, 0.3) is 0 Å². The summed E-state index contributed by atoms with van der Waals surface area (Å²) in [5.74, 6) is 0.501. The summed E-state index contributed by atoms with van der Waals surface area (Å²) in [5, 5.41) is 19.1. The van der Waals surface area contributed by atoms with E-state index in [-0.39, 0.29) is 17.8 Å². The molecule has 2 aromatic rings. The van der Waals surface area contributed by atoms with Crippen molar-refractivity contribution in [2.75, 3.05) is 19.6 Å². The largest absolute Gasteiger partial charge is 0.383 e. The summed E-state index contributed by atoms with van der Waals surface area (Å²) in [4.78, 5) is 5.44. The van der Waals surface area contributed by atoms with Gasteiger partial charge in [-0.2, -0.15) is 0 Å². The summed E-state index contributed by atoms with van der Waals surface area (Å²) in [6.45, 7) is 5.38. The molecule has 26 heavy (non-hydrogen) atoms. The van der Waals surface area contributed by atoms with Gasteiger partial charge in [0.05, 0.1) is 6.54 Å². The van der Waals surface area contributed by atoms with E-state index >= 15 is 0 Å². The van der Waals surface area contributed by atoms with E-state index in [0.717, 1.165) is 29.8 Å². The van der Waals surface area contributed by atoms with Crippen LogP contribution in [0.5, 0.6) is 0 Å². The van der Waals surface area contributed by atoms with Gasteiger partial charge >= 0.3 is 0 Å². The van der Waals surface area contributed by atoms with Gasteiger partial charge in [0, 0.05) is 23.4 Å². The number of thiophene rings is 1. The number of nitrogens with one attached hydrogen (secondary N) is 2. The molecule has 4 nitrogen and oxygen atoms in total. The Morgan fingerprint density at radius 1 is 1.27 bits per heavy atom. The van der Waals surface area contributed by atoms with Crippen LogP contribution in [0, 0.1) is 5.82 Å². The van der Waals surface area contributed by atoms with Crippen molar-refractivity contribution in [1.29, 1.82) is 0 Å². The Balaban J connectivity index is 1.66. The number of halogens is 1. The van der Waals surface area contributed by atoms with Crippen molar-refractivity contribution >= 4 is 17.3 Å². The monoisotopic (exact) mass is 375 g/mol. The molecule has 1 atom stereocenters. The molecule has 140 valence electrons.